The molecule has 1 unspecified atom stereocenters. The van der Waals surface area contributed by atoms with E-state index in [1.165, 1.54) is 0 Å². The highest BCUT2D eigenvalue weighted by Gasteiger charge is 2.66. The molecule has 4 heterocycles. The highest BCUT2D eigenvalue weighted by atomic mass is 28.4. The maximum Gasteiger partial charge on any atom is 0.264 e. The first kappa shape index (κ1) is 35.0. The Labute approximate surface area is 299 Å². The zero-order chi connectivity index (χ0) is 35.9. The molecule has 0 radical (unpaired) electrons. The van der Waals surface area contributed by atoms with Gasteiger partial charge in [0, 0.05) is 48.4 Å². The number of hydrogen-bond acceptors (Lipinski definition) is 7. The number of halogens is 1. The average molecular weight is 712 g/mol. The molecule has 268 valence electrons. The van der Waals surface area contributed by atoms with E-state index in [1.807, 2.05) is 90.8 Å². The summed E-state index contributed by atoms with van der Waals surface area (Å²) in [7, 11) is -1.79. The number of nitrogens with zero attached hydrogens (tertiary/aromatic N) is 5. The molecule has 0 bridgehead atoms. The van der Waals surface area contributed by atoms with Gasteiger partial charge in [-0.15, -0.1) is 5.10 Å². The molecule has 4 aromatic rings. The first-order valence-electron chi connectivity index (χ1n) is 17.9. The summed E-state index contributed by atoms with van der Waals surface area (Å²) in [4.78, 5) is 30.9. The van der Waals surface area contributed by atoms with Crippen LogP contribution < -0.4 is 14.5 Å². The van der Waals surface area contributed by atoms with Gasteiger partial charge in [0.05, 0.1) is 43.7 Å². The van der Waals surface area contributed by atoms with Gasteiger partial charge in [0.15, 0.2) is 5.60 Å². The molecule has 1 N–H and O–H groups in total. The number of carbonyl (C=O) groups excluding carboxylic acids is 2. The monoisotopic (exact) mass is 711 g/mol. The van der Waals surface area contributed by atoms with E-state index >= 15 is 4.11 Å². The fraction of sp³-hybridized carbons (Fsp3) is 0.436. The molecule has 2 amide bonds. The third-order valence-corrected chi connectivity index (χ3v) is 13.5. The number of rotatable bonds is 11. The third kappa shape index (κ3) is 6.38. The number of anilines is 2. The van der Waals surface area contributed by atoms with Gasteiger partial charge in [0.2, 0.25) is 14.3 Å². The molecule has 7 rings (SSSR count). The van der Waals surface area contributed by atoms with Crippen LogP contribution in [0.3, 0.4) is 0 Å². The van der Waals surface area contributed by atoms with Gasteiger partial charge in [-0.2, -0.15) is 0 Å². The van der Waals surface area contributed by atoms with Crippen molar-refractivity contribution in [3.8, 4) is 5.75 Å². The van der Waals surface area contributed by atoms with Gasteiger partial charge in [-0.3, -0.25) is 14.3 Å². The van der Waals surface area contributed by atoms with Crippen LogP contribution in [0, 0.1) is 5.92 Å². The summed E-state index contributed by atoms with van der Waals surface area (Å²) in [6, 6.07) is 23.1. The second-order valence-corrected chi connectivity index (χ2v) is 18.4. The quantitative estimate of drug-likeness (QED) is 0.143. The summed E-state index contributed by atoms with van der Waals surface area (Å²) in [5.74, 6) is -0.245. The van der Waals surface area contributed by atoms with Crippen molar-refractivity contribution in [2.75, 3.05) is 30.1 Å². The Bertz CT molecular complexity index is 1880. The van der Waals surface area contributed by atoms with Gasteiger partial charge in [-0.1, -0.05) is 54.6 Å². The van der Waals surface area contributed by atoms with E-state index in [1.54, 1.807) is 29.8 Å². The summed E-state index contributed by atoms with van der Waals surface area (Å²) >= 11 is 0. The van der Waals surface area contributed by atoms with Crippen molar-refractivity contribution in [2.45, 2.75) is 82.0 Å². The molecular weight excluding hydrogens is 666 g/mol. The average Bonchev–Trinajstić information content (AvgIpc) is 3.78. The minimum atomic E-state index is -3.38. The predicted molar refractivity (Wildman–Crippen MR) is 195 cm³/mol. The largest absolute Gasteiger partial charge is 0.497 e. The number of aromatic nitrogens is 3. The zero-order valence-corrected chi connectivity index (χ0v) is 30.7. The molecule has 0 aliphatic carbocycles. The van der Waals surface area contributed by atoms with Gasteiger partial charge in [0.1, 0.15) is 5.75 Å². The van der Waals surface area contributed by atoms with Crippen molar-refractivity contribution in [1.29, 1.82) is 0 Å². The molecule has 3 aromatic carbocycles. The minimum Gasteiger partial charge on any atom is -0.497 e. The topological polar surface area (TPSA) is 110 Å². The Hall–Kier alpha value is -4.39. The van der Waals surface area contributed by atoms with Gasteiger partial charge in [-0.25, -0.2) is 0 Å². The van der Waals surface area contributed by atoms with E-state index in [2.05, 4.69) is 10.3 Å². The molecule has 5 atom stereocenters. The summed E-state index contributed by atoms with van der Waals surface area (Å²) in [6.07, 6.45) is 4.16. The molecule has 2 fully saturated rings. The van der Waals surface area contributed by atoms with E-state index in [-0.39, 0.29) is 24.3 Å². The Morgan fingerprint density at radius 3 is 2.53 bits per heavy atom. The van der Waals surface area contributed by atoms with Gasteiger partial charge >= 0.3 is 0 Å². The van der Waals surface area contributed by atoms with Crippen LogP contribution >= 0.6 is 0 Å². The summed E-state index contributed by atoms with van der Waals surface area (Å²) in [6.45, 7) is 6.65. The van der Waals surface area contributed by atoms with Crippen LogP contribution in [0.15, 0.2) is 79.0 Å². The zero-order valence-electron chi connectivity index (χ0n) is 29.7. The molecule has 51 heavy (non-hydrogen) atoms. The Balaban J connectivity index is 1.16. The number of aliphatic hydroxyl groups is 1. The standard InChI is InChI=1S/C39H46FN5O5Si/c1-26-37(51(3,4)40)35(19-21-43-24-33(41-42-43)31(25-46)28-10-6-5-7-11-28)50-39(26)32-22-30(49-2)17-18-34(32)45(38(39)48)23-27-13-15-29(16-14-27)44-20-9-8-12-36(44)47/h5-7,10-11,13-18,22,24,26,31,35,37,46H,8-9,12,19-21,23,25H2,1-4H3/t26-,31?,35+,37-,39+/m0/s1. The van der Waals surface area contributed by atoms with Crippen molar-refractivity contribution in [3.05, 3.63) is 101 Å². The summed E-state index contributed by atoms with van der Waals surface area (Å²) in [5.41, 5.74) is 2.91. The van der Waals surface area contributed by atoms with E-state index in [0.717, 1.165) is 35.3 Å². The lowest BCUT2D eigenvalue weighted by atomic mass is 9.82. The number of carbonyl (C=O) groups is 2. The van der Waals surface area contributed by atoms with Crippen LogP contribution in [0.25, 0.3) is 0 Å². The minimum absolute atomic E-state index is 0.109. The Morgan fingerprint density at radius 2 is 1.84 bits per heavy atom. The maximum atomic E-state index is 16.4. The van der Waals surface area contributed by atoms with Crippen molar-refractivity contribution < 1.29 is 28.3 Å². The molecular formula is C39H46FN5O5Si. The second kappa shape index (κ2) is 14.0. The molecule has 0 saturated carbocycles. The lowest BCUT2D eigenvalue weighted by Gasteiger charge is -2.31. The van der Waals surface area contributed by atoms with Crippen LogP contribution in [-0.2, 0) is 33.0 Å². The first-order chi connectivity index (χ1) is 24.5. The number of ether oxygens (including phenoxy) is 2. The normalized spacial score (nSPS) is 24.0. The lowest BCUT2D eigenvalue weighted by molar-refractivity contribution is -0.146. The van der Waals surface area contributed by atoms with Crippen molar-refractivity contribution in [3.63, 3.8) is 0 Å². The number of aliphatic hydroxyl groups excluding tert-OH is 1. The highest BCUT2D eigenvalue weighted by molar-refractivity contribution is 6.72. The molecule has 3 aliphatic heterocycles. The van der Waals surface area contributed by atoms with Crippen LogP contribution in [0.5, 0.6) is 5.75 Å². The molecule has 2 saturated heterocycles. The Morgan fingerprint density at radius 1 is 1.08 bits per heavy atom. The maximum absolute atomic E-state index is 16.4. The predicted octanol–water partition coefficient (Wildman–Crippen LogP) is 6.34. The molecule has 1 aromatic heterocycles. The van der Waals surface area contributed by atoms with Crippen molar-refractivity contribution in [2.24, 2.45) is 5.92 Å². The van der Waals surface area contributed by atoms with Crippen molar-refractivity contribution >= 4 is 31.6 Å². The fourth-order valence-electron chi connectivity index (χ4n) is 8.52. The number of fused-ring (bicyclic) bond motifs is 2. The van der Waals surface area contributed by atoms with Gasteiger partial charge < -0.3 is 28.5 Å². The smallest absolute Gasteiger partial charge is 0.264 e. The van der Waals surface area contributed by atoms with Crippen LogP contribution in [0.4, 0.5) is 15.5 Å². The third-order valence-electron chi connectivity index (χ3n) is 11.0. The van der Waals surface area contributed by atoms with Crippen LogP contribution in [-0.4, -0.2) is 66.7 Å². The Kier molecular flexibility index (Phi) is 9.59. The van der Waals surface area contributed by atoms with E-state index < -0.39 is 31.6 Å². The molecule has 3 aliphatic rings. The molecule has 12 heteroatoms. The van der Waals surface area contributed by atoms with Gasteiger partial charge in [0.25, 0.3) is 5.91 Å². The summed E-state index contributed by atoms with van der Waals surface area (Å²) < 4.78 is 30.7. The van der Waals surface area contributed by atoms with Crippen LogP contribution in [0.1, 0.15) is 60.9 Å². The SMILES string of the molecule is COc1ccc2c(c1)[C@@]1(O[C@H](CCn3cc(C(CO)c4ccccc4)nn3)[C@@H]([Si](C)(C)F)[C@@H]1C)C(=O)N2Cc1ccc(N2CCCCC2=O)cc1. The number of methoxy groups -OCH3 is 1. The number of amides is 2. The van der Waals surface area contributed by atoms with Crippen LogP contribution in [0.2, 0.25) is 18.6 Å². The fourth-order valence-corrected chi connectivity index (χ4v) is 11.1. The molecule has 1 spiro atoms. The van der Waals surface area contributed by atoms with E-state index in [0.29, 0.717) is 49.5 Å². The van der Waals surface area contributed by atoms with E-state index in [4.69, 9.17) is 9.47 Å². The first-order valence-corrected chi connectivity index (χ1v) is 20.8. The molecule has 10 nitrogen and oxygen atoms in total. The lowest BCUT2D eigenvalue weighted by Crippen LogP contribution is -2.45. The second-order valence-electron chi connectivity index (χ2n) is 14.6. The van der Waals surface area contributed by atoms with Gasteiger partial charge in [-0.05, 0) is 73.8 Å². The van der Waals surface area contributed by atoms with E-state index in [9.17, 15) is 14.7 Å². The number of benzene rings is 3. The van der Waals surface area contributed by atoms with Crippen molar-refractivity contribution in [1.82, 2.24) is 15.0 Å². The highest BCUT2D eigenvalue weighted by Crippen LogP contribution is 2.60. The number of aryl methyl sites for hydroxylation is 1. The number of hydrogen-bond donors (Lipinski definition) is 1. The number of piperidine rings is 1. The summed E-state index contributed by atoms with van der Waals surface area (Å²) in [5, 5.41) is 18.9.